The first-order valence-corrected chi connectivity index (χ1v) is 7.52. The number of oxazole rings is 1. The molecule has 0 aliphatic carbocycles. The van der Waals surface area contributed by atoms with Crippen LogP contribution < -0.4 is 5.73 Å². The van der Waals surface area contributed by atoms with Gasteiger partial charge in [0.15, 0.2) is 5.76 Å². The number of nitrogens with two attached hydrogens (primary N) is 1. The van der Waals surface area contributed by atoms with Gasteiger partial charge in [-0.15, -0.1) is 0 Å². The van der Waals surface area contributed by atoms with Gasteiger partial charge in [-0.05, 0) is 31.8 Å². The van der Waals surface area contributed by atoms with Crippen LogP contribution in [0, 0.1) is 12.3 Å². The summed E-state index contributed by atoms with van der Waals surface area (Å²) in [6.45, 7) is 7.92. The lowest BCUT2D eigenvalue weighted by Gasteiger charge is -2.21. The molecule has 3 rings (SSSR count). The van der Waals surface area contributed by atoms with Gasteiger partial charge in [-0.25, -0.2) is 4.98 Å². The van der Waals surface area contributed by atoms with Gasteiger partial charge in [-0.2, -0.15) is 0 Å². The molecule has 1 aromatic carbocycles. The maximum Gasteiger partial charge on any atom is 0.209 e. The van der Waals surface area contributed by atoms with Crippen molar-refractivity contribution in [2.45, 2.75) is 26.8 Å². The minimum absolute atomic E-state index is 0.242. The van der Waals surface area contributed by atoms with Gasteiger partial charge in [-0.3, -0.25) is 4.90 Å². The minimum atomic E-state index is 0.242. The molecule has 0 spiro atoms. The quantitative estimate of drug-likeness (QED) is 0.938. The van der Waals surface area contributed by atoms with E-state index < -0.39 is 0 Å². The number of rotatable bonds is 4. The number of hydrogen-bond donors (Lipinski definition) is 1. The first-order valence-electron chi connectivity index (χ1n) is 7.52. The van der Waals surface area contributed by atoms with E-state index >= 15 is 0 Å². The molecular weight excluding hydrogens is 262 g/mol. The highest BCUT2D eigenvalue weighted by Gasteiger charge is 2.32. The van der Waals surface area contributed by atoms with Crippen LogP contribution in [-0.2, 0) is 6.54 Å². The molecule has 112 valence electrons. The van der Waals surface area contributed by atoms with E-state index in [-0.39, 0.29) is 5.41 Å². The van der Waals surface area contributed by atoms with Crippen LogP contribution in [0.4, 0.5) is 0 Å². The summed E-state index contributed by atoms with van der Waals surface area (Å²) in [6.07, 6.45) is 2.97. The average molecular weight is 285 g/mol. The lowest BCUT2D eigenvalue weighted by Crippen LogP contribution is -2.31. The number of likely N-dealkylation sites (tertiary alicyclic amines) is 1. The minimum Gasteiger partial charge on any atom is -0.439 e. The molecule has 1 aliphatic rings. The Labute approximate surface area is 126 Å². The van der Waals surface area contributed by atoms with Crippen molar-refractivity contribution in [2.24, 2.45) is 11.1 Å². The second kappa shape index (κ2) is 5.62. The smallest absolute Gasteiger partial charge is 0.209 e. The maximum absolute atomic E-state index is 5.89. The van der Waals surface area contributed by atoms with E-state index in [0.717, 1.165) is 49.8 Å². The molecule has 1 unspecified atom stereocenters. The van der Waals surface area contributed by atoms with Gasteiger partial charge < -0.3 is 10.2 Å². The summed E-state index contributed by atoms with van der Waals surface area (Å²) in [6, 6.07) is 8.32. The summed E-state index contributed by atoms with van der Waals surface area (Å²) in [5.74, 6) is 1.62. The zero-order chi connectivity index (χ0) is 14.9. The van der Waals surface area contributed by atoms with Crippen LogP contribution in [0.15, 0.2) is 34.9 Å². The largest absolute Gasteiger partial charge is 0.439 e. The Morgan fingerprint density at radius 3 is 2.76 bits per heavy atom. The van der Waals surface area contributed by atoms with Crippen LogP contribution in [0.5, 0.6) is 0 Å². The Morgan fingerprint density at radius 2 is 2.10 bits per heavy atom. The zero-order valence-electron chi connectivity index (χ0n) is 12.8. The van der Waals surface area contributed by atoms with E-state index in [1.54, 1.807) is 0 Å². The molecular formula is C17H23N3O. The van der Waals surface area contributed by atoms with Crippen molar-refractivity contribution >= 4 is 0 Å². The van der Waals surface area contributed by atoms with Crippen molar-refractivity contribution in [1.29, 1.82) is 0 Å². The summed E-state index contributed by atoms with van der Waals surface area (Å²) < 4.78 is 5.89. The number of hydrogen-bond acceptors (Lipinski definition) is 4. The van der Waals surface area contributed by atoms with E-state index in [1.165, 1.54) is 5.56 Å². The predicted molar refractivity (Wildman–Crippen MR) is 83.7 cm³/mol. The number of benzene rings is 1. The van der Waals surface area contributed by atoms with Gasteiger partial charge in [0, 0.05) is 12.1 Å². The summed E-state index contributed by atoms with van der Waals surface area (Å²) in [5.41, 5.74) is 8.42. The lowest BCUT2D eigenvalue weighted by molar-refractivity contribution is 0.252. The molecule has 4 nitrogen and oxygen atoms in total. The molecule has 1 aromatic heterocycles. The van der Waals surface area contributed by atoms with E-state index in [4.69, 9.17) is 10.2 Å². The Balaban J connectivity index is 1.67. The second-order valence-electron chi connectivity index (χ2n) is 6.46. The Morgan fingerprint density at radius 1 is 1.33 bits per heavy atom. The summed E-state index contributed by atoms with van der Waals surface area (Å²) in [5, 5.41) is 0. The van der Waals surface area contributed by atoms with Gasteiger partial charge in [0.2, 0.25) is 5.89 Å². The van der Waals surface area contributed by atoms with Crippen molar-refractivity contribution in [3.05, 3.63) is 41.9 Å². The third kappa shape index (κ3) is 3.17. The maximum atomic E-state index is 5.89. The highest BCUT2D eigenvalue weighted by molar-refractivity contribution is 5.56. The highest BCUT2D eigenvalue weighted by atomic mass is 16.4. The molecule has 1 saturated heterocycles. The van der Waals surface area contributed by atoms with Crippen LogP contribution in [-0.4, -0.2) is 29.5 Å². The normalized spacial score (nSPS) is 22.8. The summed E-state index contributed by atoms with van der Waals surface area (Å²) in [4.78, 5) is 6.79. The number of aryl methyl sites for hydroxylation is 1. The molecule has 2 N–H and O–H groups in total. The van der Waals surface area contributed by atoms with Crippen LogP contribution in [0.3, 0.4) is 0 Å². The van der Waals surface area contributed by atoms with Crippen LogP contribution in [0.1, 0.15) is 24.8 Å². The molecule has 1 aliphatic heterocycles. The molecule has 0 bridgehead atoms. The molecule has 21 heavy (non-hydrogen) atoms. The second-order valence-corrected chi connectivity index (χ2v) is 6.46. The first-order chi connectivity index (χ1) is 10.1. The third-order valence-electron chi connectivity index (χ3n) is 4.38. The molecule has 4 heteroatoms. The third-order valence-corrected chi connectivity index (χ3v) is 4.38. The van der Waals surface area contributed by atoms with E-state index in [9.17, 15) is 0 Å². The molecule has 2 aromatic rings. The van der Waals surface area contributed by atoms with Crippen molar-refractivity contribution in [3.8, 4) is 11.3 Å². The summed E-state index contributed by atoms with van der Waals surface area (Å²) in [7, 11) is 0. The van der Waals surface area contributed by atoms with E-state index in [1.807, 2.05) is 6.20 Å². The number of nitrogens with zero attached hydrogens (tertiary/aromatic N) is 2. The monoisotopic (exact) mass is 285 g/mol. The van der Waals surface area contributed by atoms with E-state index in [2.05, 4.69) is 48.0 Å². The van der Waals surface area contributed by atoms with Crippen molar-refractivity contribution in [2.75, 3.05) is 19.6 Å². The topological polar surface area (TPSA) is 55.3 Å². The van der Waals surface area contributed by atoms with Gasteiger partial charge in [0.25, 0.3) is 0 Å². The van der Waals surface area contributed by atoms with E-state index in [0.29, 0.717) is 0 Å². The van der Waals surface area contributed by atoms with Crippen LogP contribution in [0.25, 0.3) is 11.3 Å². The van der Waals surface area contributed by atoms with Crippen LogP contribution >= 0.6 is 0 Å². The van der Waals surface area contributed by atoms with Crippen molar-refractivity contribution in [3.63, 3.8) is 0 Å². The fourth-order valence-electron chi connectivity index (χ4n) is 2.85. The molecule has 0 amide bonds. The Hall–Kier alpha value is -1.65. The van der Waals surface area contributed by atoms with Gasteiger partial charge >= 0.3 is 0 Å². The first kappa shape index (κ1) is 14.3. The molecule has 0 saturated carbocycles. The standard InChI is InChI=1S/C17H23N3O/c1-13-3-5-14(6-4-13)15-9-19-16(21-15)10-20-8-7-17(2,11-18)12-20/h3-6,9H,7-8,10-12,18H2,1-2H3. The molecule has 1 atom stereocenters. The lowest BCUT2D eigenvalue weighted by atomic mass is 9.90. The SMILES string of the molecule is Cc1ccc(-c2cnc(CN3CCC(C)(CN)C3)o2)cc1. The fraction of sp³-hybridized carbons (Fsp3) is 0.471. The Kier molecular flexibility index (Phi) is 3.83. The van der Waals surface area contributed by atoms with Crippen LogP contribution in [0.2, 0.25) is 0 Å². The van der Waals surface area contributed by atoms with Gasteiger partial charge in [0.1, 0.15) is 0 Å². The molecule has 0 radical (unpaired) electrons. The molecule has 2 heterocycles. The highest BCUT2D eigenvalue weighted by Crippen LogP contribution is 2.30. The average Bonchev–Trinajstić information content (AvgIpc) is 3.08. The summed E-state index contributed by atoms with van der Waals surface area (Å²) >= 11 is 0. The predicted octanol–water partition coefficient (Wildman–Crippen LogP) is 2.82. The number of aromatic nitrogens is 1. The van der Waals surface area contributed by atoms with Crippen molar-refractivity contribution in [1.82, 2.24) is 9.88 Å². The molecule has 1 fully saturated rings. The van der Waals surface area contributed by atoms with Crippen molar-refractivity contribution < 1.29 is 4.42 Å². The Bertz CT molecular complexity index is 605. The van der Waals surface area contributed by atoms with Gasteiger partial charge in [-0.1, -0.05) is 36.8 Å². The fourth-order valence-corrected chi connectivity index (χ4v) is 2.85. The van der Waals surface area contributed by atoms with Gasteiger partial charge in [0.05, 0.1) is 12.7 Å². The zero-order valence-corrected chi connectivity index (χ0v) is 12.8.